The molecule has 0 aromatic carbocycles. The SMILES string of the molecule is Cn1cnc2c(C(=O)Nc3ccnnc3)ccnc21. The van der Waals surface area contributed by atoms with Gasteiger partial charge >= 0.3 is 0 Å². The minimum atomic E-state index is -0.251. The van der Waals surface area contributed by atoms with Crippen LogP contribution in [0.2, 0.25) is 0 Å². The normalized spacial score (nSPS) is 10.6. The molecule has 0 spiro atoms. The number of fused-ring (bicyclic) bond motifs is 1. The fourth-order valence-corrected chi connectivity index (χ4v) is 1.77. The third-order valence-electron chi connectivity index (χ3n) is 2.69. The van der Waals surface area contributed by atoms with Gasteiger partial charge in [-0.25, -0.2) is 9.97 Å². The van der Waals surface area contributed by atoms with Crippen molar-refractivity contribution in [3.8, 4) is 0 Å². The summed E-state index contributed by atoms with van der Waals surface area (Å²) in [5.41, 5.74) is 2.30. The van der Waals surface area contributed by atoms with E-state index in [-0.39, 0.29) is 5.91 Å². The second-order valence-corrected chi connectivity index (χ2v) is 3.97. The Morgan fingerprint density at radius 2 is 2.11 bits per heavy atom. The predicted molar refractivity (Wildman–Crippen MR) is 68.5 cm³/mol. The summed E-state index contributed by atoms with van der Waals surface area (Å²) in [5.74, 6) is -0.251. The molecule has 0 radical (unpaired) electrons. The van der Waals surface area contributed by atoms with E-state index in [1.165, 1.54) is 12.4 Å². The van der Waals surface area contributed by atoms with Gasteiger partial charge in [-0.1, -0.05) is 0 Å². The van der Waals surface area contributed by atoms with Crippen LogP contribution in [0, 0.1) is 0 Å². The first-order chi connectivity index (χ1) is 9.25. The van der Waals surface area contributed by atoms with Crippen molar-refractivity contribution in [1.29, 1.82) is 0 Å². The molecule has 3 aromatic heterocycles. The molecule has 0 saturated carbocycles. The number of carbonyl (C=O) groups excluding carboxylic acids is 1. The lowest BCUT2D eigenvalue weighted by atomic mass is 10.2. The molecular weight excluding hydrogens is 244 g/mol. The van der Waals surface area contributed by atoms with Crippen molar-refractivity contribution in [2.75, 3.05) is 5.32 Å². The first-order valence-corrected chi connectivity index (χ1v) is 5.60. The van der Waals surface area contributed by atoms with Crippen molar-refractivity contribution in [3.05, 3.63) is 42.6 Å². The van der Waals surface area contributed by atoms with Gasteiger partial charge in [0.1, 0.15) is 5.52 Å². The van der Waals surface area contributed by atoms with Crippen molar-refractivity contribution in [1.82, 2.24) is 24.7 Å². The van der Waals surface area contributed by atoms with E-state index < -0.39 is 0 Å². The Kier molecular flexibility index (Phi) is 2.64. The van der Waals surface area contributed by atoms with Crippen molar-refractivity contribution in [3.63, 3.8) is 0 Å². The lowest BCUT2D eigenvalue weighted by molar-refractivity contribution is 0.102. The monoisotopic (exact) mass is 254 g/mol. The molecule has 3 aromatic rings. The Morgan fingerprint density at radius 3 is 2.89 bits per heavy atom. The number of rotatable bonds is 2. The van der Waals surface area contributed by atoms with E-state index in [9.17, 15) is 4.79 Å². The zero-order chi connectivity index (χ0) is 13.2. The van der Waals surface area contributed by atoms with Crippen LogP contribution in [0.25, 0.3) is 11.2 Å². The van der Waals surface area contributed by atoms with Crippen molar-refractivity contribution < 1.29 is 4.79 Å². The Morgan fingerprint density at radius 1 is 1.21 bits per heavy atom. The predicted octanol–water partition coefficient (Wildman–Crippen LogP) is 1.01. The number of hydrogen-bond acceptors (Lipinski definition) is 5. The van der Waals surface area contributed by atoms with Gasteiger partial charge in [0.25, 0.3) is 5.91 Å². The van der Waals surface area contributed by atoms with Crippen LogP contribution in [0.3, 0.4) is 0 Å². The number of imidazole rings is 1. The zero-order valence-electron chi connectivity index (χ0n) is 10.1. The number of pyridine rings is 1. The topological polar surface area (TPSA) is 85.6 Å². The molecule has 0 fully saturated rings. The Hall–Kier alpha value is -2.83. The van der Waals surface area contributed by atoms with Crippen molar-refractivity contribution >= 4 is 22.8 Å². The summed E-state index contributed by atoms with van der Waals surface area (Å²) in [5, 5.41) is 10.1. The fraction of sp³-hybridized carbons (Fsp3) is 0.0833. The molecule has 0 aliphatic heterocycles. The average Bonchev–Trinajstić information content (AvgIpc) is 2.82. The van der Waals surface area contributed by atoms with Crippen LogP contribution < -0.4 is 5.32 Å². The van der Waals surface area contributed by atoms with Crippen LogP contribution in [0.1, 0.15) is 10.4 Å². The Balaban J connectivity index is 1.98. The van der Waals surface area contributed by atoms with Gasteiger partial charge in [0.05, 0.1) is 30.0 Å². The molecule has 19 heavy (non-hydrogen) atoms. The molecule has 0 atom stereocenters. The van der Waals surface area contributed by atoms with Gasteiger partial charge in [-0.3, -0.25) is 4.79 Å². The van der Waals surface area contributed by atoms with Crippen LogP contribution in [-0.2, 0) is 7.05 Å². The van der Waals surface area contributed by atoms with Gasteiger partial charge < -0.3 is 9.88 Å². The van der Waals surface area contributed by atoms with E-state index in [0.29, 0.717) is 22.4 Å². The number of aromatic nitrogens is 5. The van der Waals surface area contributed by atoms with Crippen LogP contribution in [0.15, 0.2) is 37.1 Å². The number of hydrogen-bond donors (Lipinski definition) is 1. The summed E-state index contributed by atoms with van der Waals surface area (Å²) in [6.07, 6.45) is 6.21. The standard InChI is InChI=1S/C12H10N6O/c1-18-7-14-10-9(3-4-13-11(10)18)12(19)17-8-2-5-15-16-6-8/h2-7H,1H3,(H,15,17,19). The summed E-state index contributed by atoms with van der Waals surface area (Å²) in [6.45, 7) is 0. The molecule has 1 amide bonds. The molecule has 0 saturated heterocycles. The number of amides is 1. The zero-order valence-corrected chi connectivity index (χ0v) is 10.1. The highest BCUT2D eigenvalue weighted by Crippen LogP contribution is 2.15. The summed E-state index contributed by atoms with van der Waals surface area (Å²) >= 11 is 0. The van der Waals surface area contributed by atoms with Crippen LogP contribution in [0.4, 0.5) is 5.69 Å². The lowest BCUT2D eigenvalue weighted by Crippen LogP contribution is -2.13. The van der Waals surface area contributed by atoms with Crippen molar-refractivity contribution in [2.45, 2.75) is 0 Å². The molecule has 0 aliphatic rings. The Bertz CT molecular complexity index is 736. The molecule has 0 unspecified atom stereocenters. The maximum atomic E-state index is 12.2. The van der Waals surface area contributed by atoms with E-state index in [1.807, 2.05) is 7.05 Å². The molecule has 3 rings (SSSR count). The molecule has 7 nitrogen and oxygen atoms in total. The van der Waals surface area contributed by atoms with E-state index >= 15 is 0 Å². The quantitative estimate of drug-likeness (QED) is 0.737. The highest BCUT2D eigenvalue weighted by Gasteiger charge is 2.13. The molecule has 0 bridgehead atoms. The van der Waals surface area contributed by atoms with Crippen molar-refractivity contribution in [2.24, 2.45) is 7.05 Å². The molecular formula is C12H10N6O. The second kappa shape index (κ2) is 4.45. The maximum absolute atomic E-state index is 12.2. The second-order valence-electron chi connectivity index (χ2n) is 3.97. The third kappa shape index (κ3) is 2.01. The number of anilines is 1. The van der Waals surface area contributed by atoms with E-state index in [2.05, 4.69) is 25.5 Å². The minimum absolute atomic E-state index is 0.251. The number of aryl methyl sites for hydroxylation is 1. The maximum Gasteiger partial charge on any atom is 0.258 e. The van der Waals surface area contributed by atoms with E-state index in [4.69, 9.17) is 0 Å². The lowest BCUT2D eigenvalue weighted by Gasteiger charge is -2.04. The van der Waals surface area contributed by atoms with Gasteiger partial charge in [0.2, 0.25) is 0 Å². The van der Waals surface area contributed by atoms with E-state index in [0.717, 1.165) is 0 Å². The number of carbonyl (C=O) groups is 1. The summed E-state index contributed by atoms with van der Waals surface area (Å²) in [4.78, 5) is 20.6. The van der Waals surface area contributed by atoms with Gasteiger partial charge in [0, 0.05) is 13.2 Å². The molecule has 0 aliphatic carbocycles. The number of nitrogens with zero attached hydrogens (tertiary/aromatic N) is 5. The first-order valence-electron chi connectivity index (χ1n) is 5.60. The van der Waals surface area contributed by atoms with Gasteiger partial charge in [-0.05, 0) is 12.1 Å². The average molecular weight is 254 g/mol. The smallest absolute Gasteiger partial charge is 0.258 e. The summed E-state index contributed by atoms with van der Waals surface area (Å²) < 4.78 is 1.76. The fourth-order valence-electron chi connectivity index (χ4n) is 1.77. The van der Waals surface area contributed by atoms with E-state index in [1.54, 1.807) is 29.2 Å². The first kappa shape index (κ1) is 11.3. The highest BCUT2D eigenvalue weighted by molar-refractivity contribution is 6.10. The molecule has 7 heteroatoms. The van der Waals surface area contributed by atoms with Crippen LogP contribution in [0.5, 0.6) is 0 Å². The molecule has 3 heterocycles. The van der Waals surface area contributed by atoms with Crippen LogP contribution in [-0.4, -0.2) is 30.6 Å². The molecule has 1 N–H and O–H groups in total. The Labute approximate surface area is 108 Å². The molecule has 94 valence electrons. The van der Waals surface area contributed by atoms with Gasteiger partial charge in [-0.2, -0.15) is 10.2 Å². The van der Waals surface area contributed by atoms with Gasteiger partial charge in [0.15, 0.2) is 5.65 Å². The van der Waals surface area contributed by atoms with Gasteiger partial charge in [-0.15, -0.1) is 0 Å². The highest BCUT2D eigenvalue weighted by atomic mass is 16.1. The largest absolute Gasteiger partial charge is 0.320 e. The summed E-state index contributed by atoms with van der Waals surface area (Å²) in [6, 6.07) is 3.31. The summed E-state index contributed by atoms with van der Waals surface area (Å²) in [7, 11) is 1.83. The van der Waals surface area contributed by atoms with Crippen LogP contribution >= 0.6 is 0 Å². The number of nitrogens with one attached hydrogen (secondary N) is 1. The third-order valence-corrected chi connectivity index (χ3v) is 2.69. The minimum Gasteiger partial charge on any atom is -0.320 e.